The van der Waals surface area contributed by atoms with Gasteiger partial charge in [0.2, 0.25) is 0 Å². The Hall–Kier alpha value is -0.130. The quantitative estimate of drug-likeness (QED) is 0.496. The van der Waals surface area contributed by atoms with Gasteiger partial charge in [-0.3, -0.25) is 4.18 Å². The minimum absolute atomic E-state index is 0.214. The molecule has 0 aliphatic heterocycles. The zero-order valence-electron chi connectivity index (χ0n) is 7.49. The molecule has 0 saturated heterocycles. The van der Waals surface area contributed by atoms with Crippen molar-refractivity contribution in [3.8, 4) is 0 Å². The molecule has 0 aliphatic carbocycles. The molecule has 0 aliphatic rings. The first-order chi connectivity index (χ1) is 5.42. The molecule has 0 bridgehead atoms. The van der Waals surface area contributed by atoms with Crippen molar-refractivity contribution < 1.29 is 17.7 Å². The number of aliphatic hydroxyl groups is 1. The molecule has 1 atom stereocenters. The molecule has 0 fully saturated rings. The molecule has 0 unspecified atom stereocenters. The molecular weight excluding hydrogens is 180 g/mol. The highest BCUT2D eigenvalue weighted by molar-refractivity contribution is 7.85. The van der Waals surface area contributed by atoms with Crippen LogP contribution in [-0.2, 0) is 14.3 Å². The summed E-state index contributed by atoms with van der Waals surface area (Å²) >= 11 is 0. The molecule has 1 N–H and O–H groups in total. The predicted molar refractivity (Wildman–Crippen MR) is 46.3 cm³/mol. The number of hydrogen-bond acceptors (Lipinski definition) is 4. The van der Waals surface area contributed by atoms with Crippen molar-refractivity contribution in [3.63, 3.8) is 0 Å². The third kappa shape index (κ3) is 9.87. The van der Waals surface area contributed by atoms with Crippen molar-refractivity contribution in [3.05, 3.63) is 0 Å². The largest absolute Gasteiger partial charge is 0.393 e. The summed E-state index contributed by atoms with van der Waals surface area (Å²) in [4.78, 5) is 0. The van der Waals surface area contributed by atoms with Crippen LogP contribution in [0.5, 0.6) is 0 Å². The van der Waals surface area contributed by atoms with Gasteiger partial charge in [-0.15, -0.1) is 0 Å². The molecule has 0 amide bonds. The Morgan fingerprint density at radius 3 is 2.42 bits per heavy atom. The fourth-order valence-electron chi connectivity index (χ4n) is 0.752. The van der Waals surface area contributed by atoms with Crippen molar-refractivity contribution in [2.45, 2.75) is 32.3 Å². The van der Waals surface area contributed by atoms with Gasteiger partial charge >= 0.3 is 0 Å². The second-order valence-corrected chi connectivity index (χ2v) is 4.51. The molecular formula is C7H16O4S. The first-order valence-electron chi connectivity index (χ1n) is 3.94. The van der Waals surface area contributed by atoms with Crippen LogP contribution in [0.3, 0.4) is 0 Å². The zero-order valence-corrected chi connectivity index (χ0v) is 8.30. The average Bonchev–Trinajstić information content (AvgIpc) is 1.83. The molecule has 0 spiro atoms. The van der Waals surface area contributed by atoms with Gasteiger partial charge in [-0.05, 0) is 26.2 Å². The number of rotatable bonds is 6. The van der Waals surface area contributed by atoms with Crippen LogP contribution in [0, 0.1) is 0 Å². The molecule has 0 rings (SSSR count). The van der Waals surface area contributed by atoms with Crippen molar-refractivity contribution in [1.82, 2.24) is 0 Å². The van der Waals surface area contributed by atoms with Gasteiger partial charge in [0.1, 0.15) is 0 Å². The Balaban J connectivity index is 3.23. The zero-order chi connectivity index (χ0) is 9.61. The Morgan fingerprint density at radius 2 is 2.00 bits per heavy atom. The summed E-state index contributed by atoms with van der Waals surface area (Å²) in [5, 5.41) is 8.85. The second-order valence-electron chi connectivity index (χ2n) is 2.87. The van der Waals surface area contributed by atoms with E-state index in [1.54, 1.807) is 6.92 Å². The fraction of sp³-hybridized carbons (Fsp3) is 1.00. The Labute approximate surface area is 73.7 Å². The Bertz CT molecular complexity index is 195. The summed E-state index contributed by atoms with van der Waals surface area (Å²) in [5.74, 6) is 0. The van der Waals surface area contributed by atoms with E-state index in [2.05, 4.69) is 4.18 Å². The molecule has 74 valence electrons. The van der Waals surface area contributed by atoms with E-state index in [4.69, 9.17) is 5.11 Å². The summed E-state index contributed by atoms with van der Waals surface area (Å²) in [6, 6.07) is 0. The van der Waals surface area contributed by atoms with E-state index >= 15 is 0 Å². The number of unbranched alkanes of at least 4 members (excludes halogenated alkanes) is 1. The fourth-order valence-corrected chi connectivity index (χ4v) is 1.17. The summed E-state index contributed by atoms with van der Waals surface area (Å²) in [7, 11) is -3.29. The normalized spacial score (nSPS) is 14.6. The van der Waals surface area contributed by atoms with Crippen LogP contribution in [0.2, 0.25) is 0 Å². The molecule has 0 radical (unpaired) electrons. The third-order valence-corrected chi connectivity index (χ3v) is 1.91. The lowest BCUT2D eigenvalue weighted by molar-refractivity contribution is 0.177. The molecule has 0 aromatic carbocycles. The van der Waals surface area contributed by atoms with Gasteiger partial charge in [-0.1, -0.05) is 0 Å². The maximum Gasteiger partial charge on any atom is 0.264 e. The molecule has 0 aromatic rings. The smallest absolute Gasteiger partial charge is 0.264 e. The van der Waals surface area contributed by atoms with Crippen LogP contribution < -0.4 is 0 Å². The van der Waals surface area contributed by atoms with Gasteiger partial charge in [0, 0.05) is 0 Å². The maximum absolute atomic E-state index is 10.5. The molecule has 0 aromatic heterocycles. The maximum atomic E-state index is 10.5. The van der Waals surface area contributed by atoms with Crippen LogP contribution in [-0.4, -0.2) is 32.5 Å². The third-order valence-electron chi connectivity index (χ3n) is 1.31. The van der Waals surface area contributed by atoms with Gasteiger partial charge in [0.25, 0.3) is 10.1 Å². The van der Waals surface area contributed by atoms with Crippen molar-refractivity contribution in [1.29, 1.82) is 0 Å². The second kappa shape index (κ2) is 5.50. The summed E-state index contributed by atoms with van der Waals surface area (Å²) in [5.41, 5.74) is 0. The van der Waals surface area contributed by atoms with Crippen molar-refractivity contribution in [2.75, 3.05) is 12.9 Å². The summed E-state index contributed by atoms with van der Waals surface area (Å²) in [6.45, 7) is 1.92. The SMILES string of the molecule is C[C@@H](O)CCCCOS(C)(=O)=O. The molecule has 0 heterocycles. The van der Waals surface area contributed by atoms with E-state index < -0.39 is 10.1 Å². The monoisotopic (exact) mass is 196 g/mol. The minimum Gasteiger partial charge on any atom is -0.393 e. The minimum atomic E-state index is -3.29. The van der Waals surface area contributed by atoms with E-state index in [-0.39, 0.29) is 12.7 Å². The van der Waals surface area contributed by atoms with Crippen LogP contribution in [0.1, 0.15) is 26.2 Å². The lowest BCUT2D eigenvalue weighted by Crippen LogP contribution is -2.05. The highest BCUT2D eigenvalue weighted by Crippen LogP contribution is 2.01. The van der Waals surface area contributed by atoms with Crippen LogP contribution in [0.15, 0.2) is 0 Å². The first-order valence-corrected chi connectivity index (χ1v) is 5.76. The molecule has 5 heteroatoms. The van der Waals surface area contributed by atoms with Crippen molar-refractivity contribution >= 4 is 10.1 Å². The number of hydrogen-bond donors (Lipinski definition) is 1. The Kier molecular flexibility index (Phi) is 5.44. The summed E-state index contributed by atoms with van der Waals surface area (Å²) in [6.07, 6.45) is 2.85. The van der Waals surface area contributed by atoms with E-state index in [9.17, 15) is 8.42 Å². The van der Waals surface area contributed by atoms with Gasteiger partial charge in [-0.25, -0.2) is 0 Å². The lowest BCUT2D eigenvalue weighted by atomic mass is 10.2. The van der Waals surface area contributed by atoms with Gasteiger partial charge in [-0.2, -0.15) is 8.42 Å². The van der Waals surface area contributed by atoms with Crippen LogP contribution >= 0.6 is 0 Å². The van der Waals surface area contributed by atoms with Crippen LogP contribution in [0.25, 0.3) is 0 Å². The van der Waals surface area contributed by atoms with E-state index in [1.165, 1.54) is 0 Å². The van der Waals surface area contributed by atoms with Gasteiger partial charge in [0.15, 0.2) is 0 Å². The molecule has 4 nitrogen and oxygen atoms in total. The number of aliphatic hydroxyl groups excluding tert-OH is 1. The van der Waals surface area contributed by atoms with Gasteiger partial charge in [0.05, 0.1) is 19.0 Å². The Morgan fingerprint density at radius 1 is 1.42 bits per heavy atom. The van der Waals surface area contributed by atoms with E-state index in [0.717, 1.165) is 12.7 Å². The van der Waals surface area contributed by atoms with Crippen molar-refractivity contribution in [2.24, 2.45) is 0 Å². The topological polar surface area (TPSA) is 63.6 Å². The first kappa shape index (κ1) is 11.9. The summed E-state index contributed by atoms with van der Waals surface area (Å²) < 4.78 is 25.4. The van der Waals surface area contributed by atoms with E-state index in [0.29, 0.717) is 12.8 Å². The highest BCUT2D eigenvalue weighted by Gasteiger charge is 2.01. The lowest BCUT2D eigenvalue weighted by Gasteiger charge is -2.03. The molecule has 0 saturated carbocycles. The highest BCUT2D eigenvalue weighted by atomic mass is 32.2. The van der Waals surface area contributed by atoms with Crippen LogP contribution in [0.4, 0.5) is 0 Å². The van der Waals surface area contributed by atoms with E-state index in [1.807, 2.05) is 0 Å². The predicted octanol–water partition coefficient (Wildman–Crippen LogP) is 0.514. The standard InChI is InChI=1S/C7H16O4S/c1-7(8)5-3-4-6-11-12(2,9)10/h7-8H,3-6H2,1-2H3/t7-/m1/s1. The average molecular weight is 196 g/mol. The van der Waals surface area contributed by atoms with Gasteiger partial charge < -0.3 is 5.11 Å². The molecule has 12 heavy (non-hydrogen) atoms.